The van der Waals surface area contributed by atoms with Gasteiger partial charge in [0.25, 0.3) is 0 Å². The lowest BCUT2D eigenvalue weighted by Gasteiger charge is -2.57. The molecule has 4 fully saturated rings. The number of carboxylic acid groups (broad SMARTS) is 2. The monoisotopic (exact) mass is 1620 g/mol. The predicted molar refractivity (Wildman–Crippen MR) is 472 cm³/mol. The lowest BCUT2D eigenvalue weighted by atomic mass is 9.61. The van der Waals surface area contributed by atoms with Crippen LogP contribution in [0.1, 0.15) is 150 Å². The van der Waals surface area contributed by atoms with E-state index in [0.29, 0.717) is 36.3 Å². The molecule has 4 N–H and O–H groups in total. The molecule has 16 rings (SSSR count). The minimum absolute atomic E-state index is 0. The van der Waals surface area contributed by atoms with E-state index >= 15 is 0 Å². The third kappa shape index (κ3) is 20.5. The number of nitrogens with zero attached hydrogens (tertiary/aromatic N) is 6. The van der Waals surface area contributed by atoms with E-state index in [4.69, 9.17) is 46.8 Å². The summed E-state index contributed by atoms with van der Waals surface area (Å²) in [5.74, 6) is 1.84. The number of carboxylic acids is 2. The van der Waals surface area contributed by atoms with E-state index < -0.39 is 11.9 Å². The summed E-state index contributed by atoms with van der Waals surface area (Å²) in [6, 6.07) is 36.1. The van der Waals surface area contributed by atoms with Crippen LogP contribution >= 0.6 is 0 Å². The number of furan rings is 4. The molecule has 22 nitrogen and oxygen atoms in total. The predicted octanol–water partition coefficient (Wildman–Crippen LogP) is 15.6. The number of likely N-dealkylation sites (tertiary alicyclic amines) is 4. The molecule has 0 radical (unpaired) electrons. The highest BCUT2D eigenvalue weighted by molar-refractivity contribution is 5.93. The molecule has 8 bridgehead atoms. The van der Waals surface area contributed by atoms with Crippen LogP contribution in [0, 0.1) is 0 Å². The van der Waals surface area contributed by atoms with Crippen LogP contribution < -0.4 is 29.6 Å². The number of hydrogen-bond donors (Lipinski definition) is 4. The smallest absolute Gasteiger partial charge is 0.328 e. The average molecular weight is 1620 g/mol. The van der Waals surface area contributed by atoms with Crippen molar-refractivity contribution in [3.63, 3.8) is 0 Å². The number of carbonyl (C=O) groups is 4. The number of fused-ring (bicyclic) bond motifs is 16. The van der Waals surface area contributed by atoms with Crippen molar-refractivity contribution in [1.29, 1.82) is 0 Å². The summed E-state index contributed by atoms with van der Waals surface area (Å²) in [5, 5.41) is 23.5. The van der Waals surface area contributed by atoms with Crippen LogP contribution in [0.4, 0.5) is 0 Å². The fraction of sp³-hybridized carbons (Fsp3) is 0.458. The Hall–Kier alpha value is -10.2. The quantitative estimate of drug-likeness (QED) is 0.0657. The molecule has 4 aliphatic heterocycles. The largest absolute Gasteiger partial charge is 0.497 e. The second-order valence-electron chi connectivity index (χ2n) is 32.3. The molecule has 118 heavy (non-hydrogen) atoms. The van der Waals surface area contributed by atoms with Crippen molar-refractivity contribution in [2.24, 2.45) is 0 Å². The Balaban J connectivity index is 0.000000201. The van der Waals surface area contributed by atoms with Gasteiger partial charge in [0.2, 0.25) is 11.8 Å². The Kier molecular flexibility index (Phi) is 33.4. The molecular weight excluding hydrogens is 1490 g/mol. The van der Waals surface area contributed by atoms with Gasteiger partial charge >= 0.3 is 11.9 Å². The zero-order chi connectivity index (χ0) is 81.8. The van der Waals surface area contributed by atoms with Gasteiger partial charge in [0.05, 0.1) is 90.6 Å². The van der Waals surface area contributed by atoms with E-state index in [1.54, 1.807) is 77.8 Å². The van der Waals surface area contributed by atoms with Gasteiger partial charge in [0, 0.05) is 119 Å². The molecule has 12 atom stereocenters. The molecule has 4 aromatic heterocycles. The summed E-state index contributed by atoms with van der Waals surface area (Å²) in [6.45, 7) is 13.8. The first kappa shape index (κ1) is 94.9. The van der Waals surface area contributed by atoms with Gasteiger partial charge in [-0.2, -0.15) is 0 Å². The van der Waals surface area contributed by atoms with E-state index in [-0.39, 0.29) is 75.3 Å². The fourth-order valence-corrected chi connectivity index (χ4v) is 19.4. The lowest BCUT2D eigenvalue weighted by Crippen LogP contribution is -2.67. The van der Waals surface area contributed by atoms with Crippen LogP contribution in [0.5, 0.6) is 23.0 Å². The number of likely N-dealkylation sites (N-methyl/N-ethyl adjacent to an activating group) is 8. The number of benzene rings is 4. The van der Waals surface area contributed by atoms with Crippen molar-refractivity contribution in [2.75, 3.05) is 111 Å². The van der Waals surface area contributed by atoms with Gasteiger partial charge in [-0.3, -0.25) is 9.59 Å². The molecule has 0 spiro atoms. The summed E-state index contributed by atoms with van der Waals surface area (Å²) in [4.78, 5) is 59.7. The highest BCUT2D eigenvalue weighted by Gasteiger charge is 2.55. The Morgan fingerprint density at radius 2 is 0.644 bits per heavy atom. The normalized spacial score (nSPS) is 25.4. The molecule has 4 saturated heterocycles. The molecule has 4 unspecified atom stereocenters. The van der Waals surface area contributed by atoms with Crippen LogP contribution in [0.2, 0.25) is 0 Å². The van der Waals surface area contributed by atoms with Crippen molar-refractivity contribution in [2.45, 2.75) is 179 Å². The molecule has 8 heterocycles. The molecule has 4 aromatic carbocycles. The summed E-state index contributed by atoms with van der Waals surface area (Å²) >= 11 is 0. The van der Waals surface area contributed by atoms with E-state index in [0.717, 1.165) is 109 Å². The molecule has 0 saturated carbocycles. The van der Waals surface area contributed by atoms with Crippen LogP contribution in [0.15, 0.2) is 189 Å². The van der Waals surface area contributed by atoms with E-state index in [1.807, 2.05) is 60.3 Å². The van der Waals surface area contributed by atoms with E-state index in [1.165, 1.54) is 108 Å². The third-order valence-corrected chi connectivity index (χ3v) is 25.8. The van der Waals surface area contributed by atoms with Gasteiger partial charge in [-0.25, -0.2) is 9.59 Å². The molecule has 4 aliphatic carbocycles. The first-order chi connectivity index (χ1) is 54.6. The molecule has 8 aliphatic rings. The van der Waals surface area contributed by atoms with Crippen molar-refractivity contribution < 1.29 is 66.0 Å². The summed E-state index contributed by atoms with van der Waals surface area (Å²) < 4.78 is 41.4. The average Bonchev–Trinajstić information content (AvgIpc) is 0.854. The molecule has 2 amide bonds. The van der Waals surface area contributed by atoms with E-state index in [9.17, 15) is 19.2 Å². The van der Waals surface area contributed by atoms with Crippen molar-refractivity contribution in [1.82, 2.24) is 40.0 Å². The van der Waals surface area contributed by atoms with Crippen LogP contribution in [0.3, 0.4) is 0 Å². The number of methoxy groups -OCH3 is 4. The zero-order valence-electron chi connectivity index (χ0n) is 69.1. The standard InChI is InChI=1S/2C23H28N2O3.2C16H24N2O.2C7H6O3.4CH4/c2*1-23-10-11-24(2)20(13-17-6-7-18(27-4)14-19(17)23)22(23)25(3)21(26)8-5-16-9-12-28-15-16;2*1-16-7-8-18(3)14(15(16)17-2)9-11-5-6-12(19-4)10-13(11)16;2*8-7(9)2-1-6-3-4-10-5-6;;;;/h2*5-9,12,14-15,20,22H,10-11,13H2,1-4H3;2*5-6,10,14-15,17H,7-9H2,1-4H3;2*1-5H,(H,8,9);4*1H4/b2*8-5+;;;2*2-1+;;;;/t20?,22-,23+;20?,22-,23-;14?,15-,16+;14?,15-,16-;;;;;;/m0101....../s1. The van der Waals surface area contributed by atoms with Gasteiger partial charge in [-0.05, 0) is 261 Å². The minimum Gasteiger partial charge on any atom is -0.497 e. The van der Waals surface area contributed by atoms with Gasteiger partial charge < -0.3 is 86.9 Å². The number of carbonyl (C=O) groups excluding carboxylic acids is 2. The van der Waals surface area contributed by atoms with Gasteiger partial charge in [0.15, 0.2) is 0 Å². The molecule has 640 valence electrons. The van der Waals surface area contributed by atoms with Gasteiger partial charge in [-0.15, -0.1) is 0 Å². The van der Waals surface area contributed by atoms with Gasteiger partial charge in [-0.1, -0.05) is 81.7 Å². The summed E-state index contributed by atoms with van der Waals surface area (Å²) in [5.41, 5.74) is 14.8. The zero-order valence-corrected chi connectivity index (χ0v) is 69.1. The Morgan fingerprint density at radius 1 is 0.398 bits per heavy atom. The maximum atomic E-state index is 13.0. The number of piperidine rings is 4. The summed E-state index contributed by atoms with van der Waals surface area (Å²) in [6.07, 6.45) is 32.9. The highest BCUT2D eigenvalue weighted by Crippen LogP contribution is 2.51. The number of ether oxygens (including phenoxy) is 4. The highest BCUT2D eigenvalue weighted by atomic mass is 16.5. The number of amides is 2. The van der Waals surface area contributed by atoms with Gasteiger partial charge in [0.1, 0.15) is 23.0 Å². The maximum Gasteiger partial charge on any atom is 0.328 e. The number of nitrogens with one attached hydrogen (secondary N) is 2. The first-order valence-electron chi connectivity index (χ1n) is 39.3. The number of hydrogen-bond acceptors (Lipinski definition) is 18. The van der Waals surface area contributed by atoms with E-state index in [2.05, 4.69) is 161 Å². The second kappa shape index (κ2) is 41.5. The van der Waals surface area contributed by atoms with Crippen LogP contribution in [0.25, 0.3) is 24.3 Å². The van der Waals surface area contributed by atoms with Crippen molar-refractivity contribution in [3.8, 4) is 23.0 Å². The number of rotatable bonds is 16. The third-order valence-electron chi connectivity index (χ3n) is 25.8. The Labute approximate surface area is 701 Å². The maximum absolute atomic E-state index is 13.0. The van der Waals surface area contributed by atoms with Crippen molar-refractivity contribution >= 4 is 48.1 Å². The van der Waals surface area contributed by atoms with Crippen LogP contribution in [-0.4, -0.2) is 223 Å². The lowest BCUT2D eigenvalue weighted by molar-refractivity contribution is -0.132. The topological polar surface area (TPSA) is 242 Å². The second-order valence-corrected chi connectivity index (χ2v) is 32.3. The SMILES string of the molecule is C.C.C.C.CN[C@@H]1C2Cc3ccc(OC)cc3[C@@]1(C)CCN2C.CN[C@H]1C2Cc3ccc(OC)cc3[C@@]1(C)CCN2C.COc1ccc2c(c1)[C@@]1(C)CCN(C)C(C2)[C@@H]1N(C)C(=O)/C=C/c1ccoc1.COc1ccc2c(c1)[C@@]1(C)CCN(C)C(C2)[C@H]1N(C)C(=O)/C=C/c1ccoc1.O=C(O)/C=C/c1ccoc1.O=C(O)/C=C/c1ccoc1. The Bertz CT molecular complexity index is 4380. The summed E-state index contributed by atoms with van der Waals surface area (Å²) in [7, 11) is 23.8. The Morgan fingerprint density at radius 3 is 0.890 bits per heavy atom. The first-order valence-corrected chi connectivity index (χ1v) is 39.3. The molecule has 22 heteroatoms. The molecule has 8 aromatic rings. The number of aliphatic carboxylic acids is 2. The van der Waals surface area contributed by atoms with Crippen molar-refractivity contribution in [3.05, 3.63) is 238 Å². The minimum atomic E-state index is -0.957. The molecular formula is C96H132N8O14. The fourth-order valence-electron chi connectivity index (χ4n) is 19.4. The van der Waals surface area contributed by atoms with Crippen LogP contribution in [-0.2, 0) is 66.5 Å².